The number of hydrogen-bond acceptors (Lipinski definition) is 1. The van der Waals surface area contributed by atoms with E-state index in [9.17, 15) is 0 Å². The van der Waals surface area contributed by atoms with E-state index in [1.54, 1.807) is 9.75 Å². The number of rotatable bonds is 12. The molecule has 0 aliphatic carbocycles. The lowest BCUT2D eigenvalue weighted by Gasteiger charge is -2.14. The van der Waals surface area contributed by atoms with Crippen LogP contribution in [0.2, 0.25) is 0 Å². The van der Waals surface area contributed by atoms with Gasteiger partial charge in [0.1, 0.15) is 0 Å². The van der Waals surface area contributed by atoms with Gasteiger partial charge >= 0.3 is 0 Å². The molecule has 1 heterocycles. The summed E-state index contributed by atoms with van der Waals surface area (Å²) in [7, 11) is 0. The van der Waals surface area contributed by atoms with Gasteiger partial charge in [-0.2, -0.15) is 0 Å². The van der Waals surface area contributed by atoms with Crippen LogP contribution in [0.15, 0.2) is 12.1 Å². The van der Waals surface area contributed by atoms with Crippen LogP contribution in [0, 0.1) is 11.8 Å². The third kappa shape index (κ3) is 7.49. The standard InChI is InChI=1S/C20H36S/c1-5-9-11-17(7-3)15-19-13-14-20(21-19)16-18(8-4)12-10-6-2/h13-14,17-18H,5-12,15-16H2,1-4H3. The van der Waals surface area contributed by atoms with Gasteiger partial charge in [-0.3, -0.25) is 0 Å². The van der Waals surface area contributed by atoms with Crippen LogP contribution in [0.25, 0.3) is 0 Å². The highest BCUT2D eigenvalue weighted by Gasteiger charge is 2.12. The molecular weight excluding hydrogens is 272 g/mol. The average molecular weight is 309 g/mol. The van der Waals surface area contributed by atoms with Gasteiger partial charge in [0, 0.05) is 9.75 Å². The fraction of sp³-hybridized carbons (Fsp3) is 0.800. The maximum Gasteiger partial charge on any atom is 0.00509 e. The zero-order valence-electron chi connectivity index (χ0n) is 14.8. The Balaban J connectivity index is 2.47. The van der Waals surface area contributed by atoms with Gasteiger partial charge in [0.2, 0.25) is 0 Å². The fourth-order valence-corrected chi connectivity index (χ4v) is 4.34. The van der Waals surface area contributed by atoms with E-state index in [2.05, 4.69) is 51.2 Å². The molecule has 1 aromatic heterocycles. The molecule has 2 atom stereocenters. The second-order valence-electron chi connectivity index (χ2n) is 6.61. The first kappa shape index (κ1) is 18.7. The number of thiophene rings is 1. The summed E-state index contributed by atoms with van der Waals surface area (Å²) in [4.78, 5) is 3.25. The monoisotopic (exact) mass is 308 g/mol. The van der Waals surface area contributed by atoms with E-state index in [-0.39, 0.29) is 0 Å². The minimum Gasteiger partial charge on any atom is -0.145 e. The van der Waals surface area contributed by atoms with Crippen molar-refractivity contribution in [1.29, 1.82) is 0 Å². The largest absolute Gasteiger partial charge is 0.145 e. The quantitative estimate of drug-likeness (QED) is 0.381. The van der Waals surface area contributed by atoms with Gasteiger partial charge in [0.25, 0.3) is 0 Å². The Labute approximate surface area is 137 Å². The van der Waals surface area contributed by atoms with Crippen molar-refractivity contribution < 1.29 is 0 Å². The Morgan fingerprint density at radius 1 is 0.762 bits per heavy atom. The lowest BCUT2D eigenvalue weighted by atomic mass is 9.94. The van der Waals surface area contributed by atoms with Crippen molar-refractivity contribution in [3.8, 4) is 0 Å². The van der Waals surface area contributed by atoms with Crippen LogP contribution in [0.4, 0.5) is 0 Å². The smallest absolute Gasteiger partial charge is 0.00509 e. The summed E-state index contributed by atoms with van der Waals surface area (Å²) in [6.45, 7) is 9.31. The van der Waals surface area contributed by atoms with Crippen LogP contribution >= 0.6 is 11.3 Å². The van der Waals surface area contributed by atoms with Crippen molar-refractivity contribution in [3.05, 3.63) is 21.9 Å². The van der Waals surface area contributed by atoms with E-state index in [1.807, 2.05) is 0 Å². The van der Waals surface area contributed by atoms with Gasteiger partial charge in [-0.25, -0.2) is 0 Å². The molecule has 0 spiro atoms. The number of unbranched alkanes of at least 4 members (excludes halogenated alkanes) is 2. The Bertz CT molecular complexity index is 320. The maximum absolute atomic E-state index is 2.40. The normalized spacial score (nSPS) is 14.3. The van der Waals surface area contributed by atoms with E-state index < -0.39 is 0 Å². The SMILES string of the molecule is CCCCC(CC)Cc1ccc(CC(CC)CCCC)s1. The molecule has 0 aromatic carbocycles. The zero-order valence-corrected chi connectivity index (χ0v) is 15.6. The first-order valence-electron chi connectivity index (χ1n) is 9.30. The number of hydrogen-bond donors (Lipinski definition) is 0. The summed E-state index contributed by atoms with van der Waals surface area (Å²) in [6, 6.07) is 4.81. The lowest BCUT2D eigenvalue weighted by molar-refractivity contribution is 0.451. The second-order valence-corrected chi connectivity index (χ2v) is 7.86. The van der Waals surface area contributed by atoms with Gasteiger partial charge < -0.3 is 0 Å². The van der Waals surface area contributed by atoms with E-state index in [0.717, 1.165) is 11.8 Å². The highest BCUT2D eigenvalue weighted by Crippen LogP contribution is 2.27. The molecule has 2 unspecified atom stereocenters. The molecule has 0 saturated heterocycles. The average Bonchev–Trinajstić information content (AvgIpc) is 2.94. The Morgan fingerprint density at radius 3 is 1.52 bits per heavy atom. The van der Waals surface area contributed by atoms with Crippen molar-refractivity contribution in [3.63, 3.8) is 0 Å². The minimum atomic E-state index is 0.901. The zero-order chi connectivity index (χ0) is 15.5. The van der Waals surface area contributed by atoms with Gasteiger partial charge in [-0.05, 0) is 36.8 Å². The van der Waals surface area contributed by atoms with Crippen LogP contribution in [0.1, 0.15) is 88.8 Å². The fourth-order valence-electron chi connectivity index (χ4n) is 3.10. The summed E-state index contributed by atoms with van der Waals surface area (Å²) >= 11 is 2.09. The first-order valence-corrected chi connectivity index (χ1v) is 10.1. The third-order valence-electron chi connectivity index (χ3n) is 4.78. The van der Waals surface area contributed by atoms with Crippen molar-refractivity contribution >= 4 is 11.3 Å². The van der Waals surface area contributed by atoms with E-state index >= 15 is 0 Å². The molecule has 1 rings (SSSR count). The summed E-state index contributed by atoms with van der Waals surface area (Å²) in [5.74, 6) is 1.80. The van der Waals surface area contributed by atoms with Gasteiger partial charge in [-0.15, -0.1) is 11.3 Å². The molecule has 1 heteroatoms. The van der Waals surface area contributed by atoms with Gasteiger partial charge in [0.15, 0.2) is 0 Å². The predicted molar refractivity (Wildman–Crippen MR) is 98.3 cm³/mol. The third-order valence-corrected chi connectivity index (χ3v) is 5.91. The van der Waals surface area contributed by atoms with Crippen molar-refractivity contribution in [2.45, 2.75) is 91.9 Å². The molecule has 0 N–H and O–H groups in total. The molecule has 0 amide bonds. The van der Waals surface area contributed by atoms with E-state index in [0.29, 0.717) is 0 Å². The van der Waals surface area contributed by atoms with Gasteiger partial charge in [0.05, 0.1) is 0 Å². The van der Waals surface area contributed by atoms with Crippen LogP contribution in [-0.2, 0) is 12.8 Å². The Morgan fingerprint density at radius 2 is 1.19 bits per heavy atom. The topological polar surface area (TPSA) is 0 Å². The van der Waals surface area contributed by atoms with Crippen LogP contribution < -0.4 is 0 Å². The summed E-state index contributed by atoms with van der Waals surface area (Å²) in [5.41, 5.74) is 0. The molecule has 0 fully saturated rings. The molecule has 122 valence electrons. The molecule has 0 bridgehead atoms. The van der Waals surface area contributed by atoms with Gasteiger partial charge in [-0.1, -0.05) is 79.1 Å². The molecule has 0 aliphatic heterocycles. The van der Waals surface area contributed by atoms with Crippen molar-refractivity contribution in [1.82, 2.24) is 0 Å². The molecule has 1 aromatic rings. The summed E-state index contributed by atoms with van der Waals surface area (Å²) in [6.07, 6.45) is 13.6. The maximum atomic E-state index is 2.40. The molecule has 21 heavy (non-hydrogen) atoms. The highest BCUT2D eigenvalue weighted by molar-refractivity contribution is 7.12. The molecule has 0 aliphatic rings. The summed E-state index contributed by atoms with van der Waals surface area (Å²) in [5, 5.41) is 0. The molecule has 0 radical (unpaired) electrons. The van der Waals surface area contributed by atoms with Crippen LogP contribution in [-0.4, -0.2) is 0 Å². The van der Waals surface area contributed by atoms with Crippen molar-refractivity contribution in [2.75, 3.05) is 0 Å². The lowest BCUT2D eigenvalue weighted by Crippen LogP contribution is -2.02. The predicted octanol–water partition coefficient (Wildman–Crippen LogP) is 7.27. The molecule has 0 nitrogen and oxygen atoms in total. The Kier molecular flexibility index (Phi) is 10.1. The second kappa shape index (κ2) is 11.3. The molecular formula is C20H36S. The first-order chi connectivity index (χ1) is 10.2. The van der Waals surface area contributed by atoms with Crippen LogP contribution in [0.3, 0.4) is 0 Å². The van der Waals surface area contributed by atoms with E-state index in [1.165, 1.54) is 64.2 Å². The highest BCUT2D eigenvalue weighted by atomic mass is 32.1. The van der Waals surface area contributed by atoms with Crippen LogP contribution in [0.5, 0.6) is 0 Å². The molecule has 0 saturated carbocycles. The Hall–Kier alpha value is -0.300. The van der Waals surface area contributed by atoms with E-state index in [4.69, 9.17) is 0 Å². The minimum absolute atomic E-state index is 0.901. The summed E-state index contributed by atoms with van der Waals surface area (Å²) < 4.78 is 0. The van der Waals surface area contributed by atoms with Crippen molar-refractivity contribution in [2.24, 2.45) is 11.8 Å².